The van der Waals surface area contributed by atoms with E-state index in [0.29, 0.717) is 36.9 Å². The predicted octanol–water partition coefficient (Wildman–Crippen LogP) is 6.55. The highest BCUT2D eigenvalue weighted by Crippen LogP contribution is 2.35. The monoisotopic (exact) mass is 568 g/mol. The number of rotatable bonds is 11. The van der Waals surface area contributed by atoms with Gasteiger partial charge in [0.15, 0.2) is 0 Å². The van der Waals surface area contributed by atoms with Gasteiger partial charge in [0.2, 0.25) is 0 Å². The molecule has 1 aliphatic rings. The minimum absolute atomic E-state index is 0.0501. The molecule has 3 aromatic carbocycles. The molecule has 1 aromatic heterocycles. The van der Waals surface area contributed by atoms with E-state index in [4.69, 9.17) is 14.2 Å². The molecule has 0 radical (unpaired) electrons. The van der Waals surface area contributed by atoms with E-state index in [2.05, 4.69) is 24.0 Å². The normalized spacial score (nSPS) is 13.5. The quantitative estimate of drug-likeness (QED) is 0.125. The standard InChI is InChI=1S/C34H36N2O6/c1-3-4-17-41-34(39)22-32-30-21-29(42-28-12-5-24(2)6-13-28)20-25(7-14-33(37)38)31(30)23-36(32)27-10-8-26(9-11-27)35-15-18-40-19-16-35/h5-14,20-21,23H,3-4,15-19,22H2,1-2H3,(H,37,38)/b14-7+. The lowest BCUT2D eigenvalue weighted by Crippen LogP contribution is -2.36. The van der Waals surface area contributed by atoms with Gasteiger partial charge in [0, 0.05) is 53.2 Å². The van der Waals surface area contributed by atoms with Crippen molar-refractivity contribution < 1.29 is 28.9 Å². The molecule has 1 saturated heterocycles. The Balaban J connectivity index is 1.60. The maximum Gasteiger partial charge on any atom is 0.328 e. The number of aromatic nitrogens is 1. The molecule has 1 aliphatic heterocycles. The third kappa shape index (κ3) is 7.01. The number of nitrogens with zero attached hydrogens (tertiary/aromatic N) is 2. The Kier molecular flexibility index (Phi) is 9.24. The lowest BCUT2D eigenvalue weighted by atomic mass is 10.0. The fraction of sp³-hybridized carbons (Fsp3) is 0.294. The van der Waals surface area contributed by atoms with Crippen LogP contribution in [0.15, 0.2) is 72.9 Å². The highest BCUT2D eigenvalue weighted by atomic mass is 16.5. The van der Waals surface area contributed by atoms with Crippen molar-refractivity contribution in [3.05, 3.63) is 89.8 Å². The molecule has 0 unspecified atom stereocenters. The Morgan fingerprint density at radius 2 is 1.67 bits per heavy atom. The molecule has 8 heteroatoms. The number of hydrogen-bond donors (Lipinski definition) is 1. The SMILES string of the molecule is CCCCOC(=O)Cc1c2cc(Oc3ccc(C)cc3)cc(/C=C/C(=O)O)c2cn1-c1ccc(N2CCOCC2)cc1. The zero-order chi connectivity index (χ0) is 29.5. The molecular formula is C34H36N2O6. The van der Waals surface area contributed by atoms with Crippen LogP contribution in [-0.2, 0) is 25.5 Å². The van der Waals surface area contributed by atoms with Crippen molar-refractivity contribution in [3.8, 4) is 17.2 Å². The van der Waals surface area contributed by atoms with Crippen LogP contribution in [0.5, 0.6) is 11.5 Å². The van der Waals surface area contributed by atoms with Gasteiger partial charge < -0.3 is 28.8 Å². The van der Waals surface area contributed by atoms with Crippen LogP contribution in [0.3, 0.4) is 0 Å². The maximum atomic E-state index is 13.0. The van der Waals surface area contributed by atoms with Crippen molar-refractivity contribution in [1.82, 2.24) is 4.57 Å². The van der Waals surface area contributed by atoms with Crippen molar-refractivity contribution in [2.75, 3.05) is 37.8 Å². The second-order valence-corrected chi connectivity index (χ2v) is 10.4. The van der Waals surface area contributed by atoms with Gasteiger partial charge in [-0.05, 0) is 73.5 Å². The summed E-state index contributed by atoms with van der Waals surface area (Å²) in [5, 5.41) is 11.0. The van der Waals surface area contributed by atoms with Crippen LogP contribution < -0.4 is 9.64 Å². The van der Waals surface area contributed by atoms with Crippen LogP contribution in [0.25, 0.3) is 22.5 Å². The lowest BCUT2D eigenvalue weighted by molar-refractivity contribution is -0.143. The molecule has 5 rings (SSSR count). The second-order valence-electron chi connectivity index (χ2n) is 10.4. The Morgan fingerprint density at radius 3 is 2.36 bits per heavy atom. The molecule has 4 aromatic rings. The smallest absolute Gasteiger partial charge is 0.328 e. The third-order valence-electron chi connectivity index (χ3n) is 7.28. The first kappa shape index (κ1) is 29.0. The van der Waals surface area contributed by atoms with Crippen LogP contribution in [0, 0.1) is 6.92 Å². The van der Waals surface area contributed by atoms with Gasteiger partial charge in [-0.3, -0.25) is 4.79 Å². The lowest BCUT2D eigenvalue weighted by Gasteiger charge is -2.29. The number of anilines is 1. The summed E-state index contributed by atoms with van der Waals surface area (Å²) in [4.78, 5) is 26.7. The van der Waals surface area contributed by atoms with Gasteiger partial charge in [-0.2, -0.15) is 0 Å². The zero-order valence-corrected chi connectivity index (χ0v) is 24.0. The van der Waals surface area contributed by atoms with Gasteiger partial charge in [0.25, 0.3) is 0 Å². The summed E-state index contributed by atoms with van der Waals surface area (Å²) in [6, 6.07) is 19.6. The van der Waals surface area contributed by atoms with Crippen molar-refractivity contribution in [1.29, 1.82) is 0 Å². The summed E-state index contributed by atoms with van der Waals surface area (Å²) >= 11 is 0. The summed E-state index contributed by atoms with van der Waals surface area (Å²) in [5.41, 5.74) is 4.52. The number of unbranched alkanes of at least 4 members (excludes halogenated alkanes) is 1. The van der Waals surface area contributed by atoms with Gasteiger partial charge >= 0.3 is 11.9 Å². The largest absolute Gasteiger partial charge is 0.478 e. The topological polar surface area (TPSA) is 90.2 Å². The molecule has 42 heavy (non-hydrogen) atoms. The van der Waals surface area contributed by atoms with Crippen LogP contribution in [0.2, 0.25) is 0 Å². The fourth-order valence-electron chi connectivity index (χ4n) is 5.04. The second kappa shape index (κ2) is 13.4. The van der Waals surface area contributed by atoms with Crippen molar-refractivity contribution in [2.45, 2.75) is 33.1 Å². The average molecular weight is 569 g/mol. The van der Waals surface area contributed by atoms with E-state index in [9.17, 15) is 14.7 Å². The molecule has 0 atom stereocenters. The van der Waals surface area contributed by atoms with Gasteiger partial charge in [-0.1, -0.05) is 31.0 Å². The highest BCUT2D eigenvalue weighted by molar-refractivity contribution is 5.98. The fourth-order valence-corrected chi connectivity index (χ4v) is 5.04. The van der Waals surface area contributed by atoms with Crippen molar-refractivity contribution in [3.63, 3.8) is 0 Å². The molecular weight excluding hydrogens is 532 g/mol. The Labute approximate surface area is 245 Å². The number of morpholine rings is 1. The number of aliphatic carboxylic acids is 1. The number of hydrogen-bond acceptors (Lipinski definition) is 6. The van der Waals surface area contributed by atoms with Crippen LogP contribution >= 0.6 is 0 Å². The number of carbonyl (C=O) groups excluding carboxylic acids is 1. The molecule has 1 fully saturated rings. The van der Waals surface area contributed by atoms with Crippen molar-refractivity contribution >= 4 is 34.5 Å². The first-order valence-electron chi connectivity index (χ1n) is 14.3. The number of carboxylic acid groups (broad SMARTS) is 1. The number of carbonyl (C=O) groups is 2. The van der Waals surface area contributed by atoms with E-state index in [1.807, 2.05) is 66.2 Å². The Hall–Kier alpha value is -4.56. The van der Waals surface area contributed by atoms with E-state index in [1.54, 1.807) is 6.08 Å². The molecule has 1 N–H and O–H groups in total. The number of ether oxygens (including phenoxy) is 3. The van der Waals surface area contributed by atoms with Crippen LogP contribution in [0.4, 0.5) is 5.69 Å². The summed E-state index contributed by atoms with van der Waals surface area (Å²) in [6.07, 6.45) is 6.40. The first-order valence-corrected chi connectivity index (χ1v) is 14.3. The van der Waals surface area contributed by atoms with Gasteiger partial charge in [-0.25, -0.2) is 4.79 Å². The van der Waals surface area contributed by atoms with E-state index >= 15 is 0 Å². The molecule has 8 nitrogen and oxygen atoms in total. The van der Waals surface area contributed by atoms with Crippen LogP contribution in [0.1, 0.15) is 36.6 Å². The summed E-state index contributed by atoms with van der Waals surface area (Å²) in [6.45, 7) is 7.51. The average Bonchev–Trinajstić information content (AvgIpc) is 3.35. The molecule has 0 saturated carbocycles. The van der Waals surface area contributed by atoms with E-state index in [0.717, 1.165) is 65.4 Å². The number of esters is 1. The van der Waals surface area contributed by atoms with Gasteiger partial charge in [0.1, 0.15) is 11.5 Å². The number of benzene rings is 3. The number of fused-ring (bicyclic) bond motifs is 1. The summed E-state index contributed by atoms with van der Waals surface area (Å²) in [7, 11) is 0. The zero-order valence-electron chi connectivity index (χ0n) is 24.0. The molecule has 0 spiro atoms. The highest BCUT2D eigenvalue weighted by Gasteiger charge is 2.19. The van der Waals surface area contributed by atoms with E-state index in [1.165, 1.54) is 0 Å². The minimum Gasteiger partial charge on any atom is -0.478 e. The molecule has 2 heterocycles. The first-order chi connectivity index (χ1) is 20.4. The number of aryl methyl sites for hydroxylation is 1. The van der Waals surface area contributed by atoms with Crippen molar-refractivity contribution in [2.24, 2.45) is 0 Å². The third-order valence-corrected chi connectivity index (χ3v) is 7.28. The number of carboxylic acids is 1. The summed E-state index contributed by atoms with van der Waals surface area (Å²) < 4.78 is 19.2. The minimum atomic E-state index is -1.05. The van der Waals surface area contributed by atoms with Gasteiger partial charge in [0.05, 0.1) is 26.2 Å². The molecule has 0 amide bonds. The summed E-state index contributed by atoms with van der Waals surface area (Å²) in [5.74, 6) is -0.169. The molecule has 218 valence electrons. The predicted molar refractivity (Wildman–Crippen MR) is 164 cm³/mol. The van der Waals surface area contributed by atoms with E-state index < -0.39 is 5.97 Å². The maximum absolute atomic E-state index is 13.0. The molecule has 0 bridgehead atoms. The van der Waals surface area contributed by atoms with Crippen LogP contribution in [-0.4, -0.2) is 54.5 Å². The Bertz CT molecular complexity index is 1560. The Morgan fingerprint density at radius 1 is 0.952 bits per heavy atom. The molecule has 0 aliphatic carbocycles. The van der Waals surface area contributed by atoms with E-state index in [-0.39, 0.29) is 12.4 Å². The van der Waals surface area contributed by atoms with Gasteiger partial charge in [-0.15, -0.1) is 0 Å².